The molecule has 1 aromatic carbocycles. The molecule has 104 valence electrons. The number of anilines is 1. The SMILES string of the molecule is CCN1CCOC(CNc2ccc(C(=O)O)cc2)C1. The van der Waals surface area contributed by atoms with Crippen LogP contribution in [0.4, 0.5) is 5.69 Å². The molecular formula is C14H20N2O3. The summed E-state index contributed by atoms with van der Waals surface area (Å²) < 4.78 is 5.70. The Morgan fingerprint density at radius 3 is 2.84 bits per heavy atom. The van der Waals surface area contributed by atoms with E-state index in [1.807, 2.05) is 0 Å². The molecule has 5 nitrogen and oxygen atoms in total. The molecule has 0 aliphatic carbocycles. The highest BCUT2D eigenvalue weighted by Gasteiger charge is 2.18. The predicted octanol–water partition coefficient (Wildman–Crippen LogP) is 1.52. The number of nitrogens with one attached hydrogen (secondary N) is 1. The number of hydrogen-bond donors (Lipinski definition) is 2. The molecule has 1 aromatic rings. The topological polar surface area (TPSA) is 61.8 Å². The monoisotopic (exact) mass is 264 g/mol. The fraction of sp³-hybridized carbons (Fsp3) is 0.500. The Kier molecular flexibility index (Phi) is 4.76. The molecule has 2 rings (SSSR count). The van der Waals surface area contributed by atoms with Crippen molar-refractivity contribution in [2.24, 2.45) is 0 Å². The van der Waals surface area contributed by atoms with Crippen LogP contribution >= 0.6 is 0 Å². The number of nitrogens with zero attached hydrogens (tertiary/aromatic N) is 1. The van der Waals surface area contributed by atoms with Crippen molar-refractivity contribution in [1.82, 2.24) is 4.90 Å². The summed E-state index contributed by atoms with van der Waals surface area (Å²) in [6.07, 6.45) is 0.188. The van der Waals surface area contributed by atoms with E-state index in [0.29, 0.717) is 5.56 Å². The van der Waals surface area contributed by atoms with Crippen molar-refractivity contribution in [2.45, 2.75) is 13.0 Å². The van der Waals surface area contributed by atoms with Crippen LogP contribution < -0.4 is 5.32 Å². The van der Waals surface area contributed by atoms with Gasteiger partial charge in [0.15, 0.2) is 0 Å². The lowest BCUT2D eigenvalue weighted by Crippen LogP contribution is -2.45. The molecule has 0 aromatic heterocycles. The second kappa shape index (κ2) is 6.54. The summed E-state index contributed by atoms with van der Waals surface area (Å²) in [5.41, 5.74) is 1.22. The van der Waals surface area contributed by atoms with Gasteiger partial charge in [0.1, 0.15) is 0 Å². The molecule has 1 fully saturated rings. The number of likely N-dealkylation sites (N-methyl/N-ethyl adjacent to an activating group) is 1. The maximum Gasteiger partial charge on any atom is 0.335 e. The quantitative estimate of drug-likeness (QED) is 0.844. The van der Waals surface area contributed by atoms with Crippen molar-refractivity contribution in [2.75, 3.05) is 38.1 Å². The zero-order valence-corrected chi connectivity index (χ0v) is 11.1. The van der Waals surface area contributed by atoms with E-state index in [1.165, 1.54) is 0 Å². The Labute approximate surface area is 113 Å². The fourth-order valence-corrected chi connectivity index (χ4v) is 2.15. The van der Waals surface area contributed by atoms with Crippen LogP contribution in [-0.4, -0.2) is 54.9 Å². The lowest BCUT2D eigenvalue weighted by atomic mass is 10.2. The third kappa shape index (κ3) is 3.94. The third-order valence-corrected chi connectivity index (χ3v) is 3.34. The zero-order valence-electron chi connectivity index (χ0n) is 11.1. The maximum absolute atomic E-state index is 10.7. The van der Waals surface area contributed by atoms with E-state index >= 15 is 0 Å². The number of aromatic carboxylic acids is 1. The number of ether oxygens (including phenoxy) is 1. The summed E-state index contributed by atoms with van der Waals surface area (Å²) in [5, 5.41) is 12.1. The minimum Gasteiger partial charge on any atom is -0.478 e. The number of benzene rings is 1. The Morgan fingerprint density at radius 1 is 1.47 bits per heavy atom. The fourth-order valence-electron chi connectivity index (χ4n) is 2.15. The van der Waals surface area contributed by atoms with Crippen LogP contribution in [0.25, 0.3) is 0 Å². The van der Waals surface area contributed by atoms with E-state index in [1.54, 1.807) is 24.3 Å². The molecule has 2 N–H and O–H groups in total. The van der Waals surface area contributed by atoms with Gasteiger partial charge in [-0.25, -0.2) is 4.79 Å². The van der Waals surface area contributed by atoms with E-state index in [-0.39, 0.29) is 6.10 Å². The largest absolute Gasteiger partial charge is 0.478 e. The molecule has 1 aliphatic heterocycles. The van der Waals surface area contributed by atoms with Crippen molar-refractivity contribution in [3.8, 4) is 0 Å². The number of rotatable bonds is 5. The van der Waals surface area contributed by atoms with Crippen LogP contribution in [0.15, 0.2) is 24.3 Å². The molecule has 1 saturated heterocycles. The summed E-state index contributed by atoms with van der Waals surface area (Å²) >= 11 is 0. The molecule has 0 amide bonds. The van der Waals surface area contributed by atoms with Crippen LogP contribution in [0.2, 0.25) is 0 Å². The van der Waals surface area contributed by atoms with Crippen molar-refractivity contribution >= 4 is 11.7 Å². The van der Waals surface area contributed by atoms with Crippen molar-refractivity contribution < 1.29 is 14.6 Å². The molecule has 1 unspecified atom stereocenters. The number of carboxylic acid groups (broad SMARTS) is 1. The Balaban J connectivity index is 1.83. The van der Waals surface area contributed by atoms with Crippen molar-refractivity contribution in [3.63, 3.8) is 0 Å². The van der Waals surface area contributed by atoms with Gasteiger partial charge in [0.05, 0.1) is 18.3 Å². The molecule has 1 aliphatic rings. The van der Waals surface area contributed by atoms with Crippen LogP contribution in [0.3, 0.4) is 0 Å². The first-order chi connectivity index (χ1) is 9.19. The lowest BCUT2D eigenvalue weighted by Gasteiger charge is -2.32. The number of hydrogen-bond acceptors (Lipinski definition) is 4. The van der Waals surface area contributed by atoms with Gasteiger partial charge in [0.2, 0.25) is 0 Å². The van der Waals surface area contributed by atoms with Gasteiger partial charge in [-0.1, -0.05) is 6.92 Å². The van der Waals surface area contributed by atoms with Crippen LogP contribution in [0.5, 0.6) is 0 Å². The first-order valence-corrected chi connectivity index (χ1v) is 6.60. The molecule has 1 heterocycles. The van der Waals surface area contributed by atoms with E-state index in [4.69, 9.17) is 9.84 Å². The molecule has 0 saturated carbocycles. The average Bonchev–Trinajstić information content (AvgIpc) is 2.46. The average molecular weight is 264 g/mol. The molecule has 0 spiro atoms. The van der Waals surface area contributed by atoms with E-state index in [0.717, 1.165) is 38.5 Å². The standard InChI is InChI=1S/C14H20N2O3/c1-2-16-7-8-19-13(10-16)9-15-12-5-3-11(4-6-12)14(17)18/h3-6,13,15H,2,7-10H2,1H3,(H,17,18). The highest BCUT2D eigenvalue weighted by atomic mass is 16.5. The molecule has 0 bridgehead atoms. The summed E-state index contributed by atoms with van der Waals surface area (Å²) in [6, 6.07) is 6.77. The second-order valence-electron chi connectivity index (χ2n) is 4.65. The van der Waals surface area contributed by atoms with Gasteiger partial charge < -0.3 is 15.2 Å². The lowest BCUT2D eigenvalue weighted by molar-refractivity contribution is -0.0191. The minimum atomic E-state index is -0.902. The Hall–Kier alpha value is -1.59. The third-order valence-electron chi connectivity index (χ3n) is 3.34. The summed E-state index contributed by atoms with van der Waals surface area (Å²) in [5.74, 6) is -0.902. The van der Waals surface area contributed by atoms with Crippen LogP contribution in [0, 0.1) is 0 Å². The summed E-state index contributed by atoms with van der Waals surface area (Å²) in [4.78, 5) is 13.1. The number of carboxylic acids is 1. The van der Waals surface area contributed by atoms with E-state index < -0.39 is 5.97 Å². The normalized spacial score (nSPS) is 20.2. The maximum atomic E-state index is 10.7. The highest BCUT2D eigenvalue weighted by Crippen LogP contribution is 2.11. The van der Waals surface area contributed by atoms with Gasteiger partial charge >= 0.3 is 5.97 Å². The van der Waals surface area contributed by atoms with Gasteiger partial charge in [-0.15, -0.1) is 0 Å². The minimum absolute atomic E-state index is 0.188. The molecule has 19 heavy (non-hydrogen) atoms. The zero-order chi connectivity index (χ0) is 13.7. The molecule has 5 heteroatoms. The molecule has 0 radical (unpaired) electrons. The molecular weight excluding hydrogens is 244 g/mol. The van der Waals surface area contributed by atoms with E-state index in [2.05, 4.69) is 17.1 Å². The number of morpholine rings is 1. The second-order valence-corrected chi connectivity index (χ2v) is 4.65. The van der Waals surface area contributed by atoms with Gasteiger partial charge in [0, 0.05) is 25.3 Å². The summed E-state index contributed by atoms with van der Waals surface area (Å²) in [6.45, 7) is 6.66. The van der Waals surface area contributed by atoms with Gasteiger partial charge in [0.25, 0.3) is 0 Å². The Bertz CT molecular complexity index is 419. The van der Waals surface area contributed by atoms with E-state index in [9.17, 15) is 4.79 Å². The first-order valence-electron chi connectivity index (χ1n) is 6.60. The van der Waals surface area contributed by atoms with Gasteiger partial charge in [-0.05, 0) is 30.8 Å². The number of carbonyl (C=O) groups is 1. The van der Waals surface area contributed by atoms with Crippen LogP contribution in [0.1, 0.15) is 17.3 Å². The summed E-state index contributed by atoms with van der Waals surface area (Å²) in [7, 11) is 0. The van der Waals surface area contributed by atoms with Crippen molar-refractivity contribution in [3.05, 3.63) is 29.8 Å². The highest BCUT2D eigenvalue weighted by molar-refractivity contribution is 5.87. The smallest absolute Gasteiger partial charge is 0.335 e. The van der Waals surface area contributed by atoms with Gasteiger partial charge in [-0.3, -0.25) is 4.90 Å². The Morgan fingerprint density at radius 2 is 2.21 bits per heavy atom. The predicted molar refractivity (Wildman–Crippen MR) is 73.7 cm³/mol. The van der Waals surface area contributed by atoms with Crippen LogP contribution in [-0.2, 0) is 4.74 Å². The van der Waals surface area contributed by atoms with Gasteiger partial charge in [-0.2, -0.15) is 0 Å². The first kappa shape index (κ1) is 13.8. The van der Waals surface area contributed by atoms with Crippen molar-refractivity contribution in [1.29, 1.82) is 0 Å². The molecule has 1 atom stereocenters.